The highest BCUT2D eigenvalue weighted by Crippen LogP contribution is 2.31. The van der Waals surface area contributed by atoms with Gasteiger partial charge in [0.15, 0.2) is 0 Å². The highest BCUT2D eigenvalue weighted by molar-refractivity contribution is 6.31. The Morgan fingerprint density at radius 3 is 2.75 bits per heavy atom. The molecule has 2 rings (SSSR count). The van der Waals surface area contributed by atoms with Gasteiger partial charge in [0.1, 0.15) is 5.60 Å². The largest absolute Gasteiger partial charge is 0.383 e. The number of benzene rings is 1. The summed E-state index contributed by atoms with van der Waals surface area (Å²) in [6.45, 7) is 5.41. The topological polar surface area (TPSA) is 40.5 Å². The van der Waals surface area contributed by atoms with Crippen molar-refractivity contribution in [3.8, 4) is 0 Å². The molecule has 1 unspecified atom stereocenters. The fourth-order valence-electron chi connectivity index (χ4n) is 1.72. The fourth-order valence-corrected chi connectivity index (χ4v) is 1.91. The van der Waals surface area contributed by atoms with Crippen LogP contribution in [-0.2, 0) is 4.79 Å². The van der Waals surface area contributed by atoms with Gasteiger partial charge in [-0.25, -0.2) is 0 Å². The number of hydrogen-bond donors (Lipinski definition) is 1. The maximum Gasteiger partial charge on any atom is 0.256 e. The zero-order valence-corrected chi connectivity index (χ0v) is 9.66. The zero-order valence-electron chi connectivity index (χ0n) is 8.90. The van der Waals surface area contributed by atoms with E-state index in [2.05, 4.69) is 6.58 Å². The first-order valence-corrected chi connectivity index (χ1v) is 5.29. The Kier molecular flexibility index (Phi) is 2.52. The van der Waals surface area contributed by atoms with Crippen LogP contribution in [0.2, 0.25) is 5.02 Å². The second-order valence-electron chi connectivity index (χ2n) is 4.12. The number of anilines is 1. The summed E-state index contributed by atoms with van der Waals surface area (Å²) in [5, 5.41) is 10.5. The molecule has 1 amide bonds. The van der Waals surface area contributed by atoms with Gasteiger partial charge in [0.25, 0.3) is 5.91 Å². The average Bonchev–Trinajstić information content (AvgIpc) is 2.42. The molecule has 1 aromatic carbocycles. The van der Waals surface area contributed by atoms with Crippen LogP contribution in [0.5, 0.6) is 0 Å². The minimum atomic E-state index is -1.17. The number of rotatable bonds is 1. The summed E-state index contributed by atoms with van der Waals surface area (Å²) in [7, 11) is 0. The highest BCUT2D eigenvalue weighted by Gasteiger charge is 2.42. The third-order valence-corrected chi connectivity index (χ3v) is 2.97. The Balaban J connectivity index is 2.38. The van der Waals surface area contributed by atoms with Crippen LogP contribution in [-0.4, -0.2) is 23.2 Å². The minimum Gasteiger partial charge on any atom is -0.383 e. The number of nitrogens with zero attached hydrogens (tertiary/aromatic N) is 1. The van der Waals surface area contributed by atoms with Gasteiger partial charge in [-0.05, 0) is 25.1 Å². The predicted molar refractivity (Wildman–Crippen MR) is 63.6 cm³/mol. The van der Waals surface area contributed by atoms with Crippen LogP contribution >= 0.6 is 11.6 Å². The Hall–Kier alpha value is -1.32. The van der Waals surface area contributed by atoms with E-state index in [1.165, 1.54) is 4.90 Å². The molecular formula is C12H12ClNO2. The fraction of sp³-hybridized carbons (Fsp3) is 0.250. The molecule has 1 fully saturated rings. The Labute approximate surface area is 98.9 Å². The molecule has 0 spiro atoms. The molecule has 1 heterocycles. The van der Waals surface area contributed by atoms with E-state index in [1.807, 2.05) is 0 Å². The van der Waals surface area contributed by atoms with Crippen LogP contribution in [0.25, 0.3) is 0 Å². The normalized spacial score (nSPS) is 25.3. The number of halogens is 1. The number of β-amino-alcohol motifs (C(OH)–C–C–N with tert-alkyl or cyclic N) is 1. The van der Waals surface area contributed by atoms with E-state index in [0.29, 0.717) is 10.7 Å². The smallest absolute Gasteiger partial charge is 0.256 e. The second-order valence-corrected chi connectivity index (χ2v) is 4.56. The van der Waals surface area contributed by atoms with Gasteiger partial charge >= 0.3 is 0 Å². The molecule has 3 nitrogen and oxygen atoms in total. The lowest BCUT2D eigenvalue weighted by atomic mass is 10.0. The van der Waals surface area contributed by atoms with E-state index in [1.54, 1.807) is 31.2 Å². The quantitative estimate of drug-likeness (QED) is 0.759. The molecule has 0 aliphatic carbocycles. The highest BCUT2D eigenvalue weighted by atomic mass is 35.5. The van der Waals surface area contributed by atoms with Crippen LogP contribution < -0.4 is 4.90 Å². The molecule has 0 bridgehead atoms. The maximum atomic E-state index is 11.9. The standard InChI is InChI=1S/C12H12ClNO2/c1-8-11(15)14(7-12(8,2)16)10-5-3-4-9(13)6-10/h3-6,16H,1,7H2,2H3. The van der Waals surface area contributed by atoms with E-state index in [4.69, 9.17) is 11.6 Å². The minimum absolute atomic E-state index is 0.213. The summed E-state index contributed by atoms with van der Waals surface area (Å²) in [6.07, 6.45) is 0. The van der Waals surface area contributed by atoms with Crippen LogP contribution in [0.15, 0.2) is 36.4 Å². The molecule has 1 aromatic rings. The van der Waals surface area contributed by atoms with E-state index in [-0.39, 0.29) is 18.0 Å². The molecule has 1 saturated heterocycles. The van der Waals surface area contributed by atoms with Gasteiger partial charge in [-0.2, -0.15) is 0 Å². The molecule has 0 radical (unpaired) electrons. The predicted octanol–water partition coefficient (Wildman–Crippen LogP) is 1.99. The van der Waals surface area contributed by atoms with Crippen molar-refractivity contribution in [2.75, 3.05) is 11.4 Å². The first-order chi connectivity index (χ1) is 7.42. The van der Waals surface area contributed by atoms with Crippen molar-refractivity contribution in [2.24, 2.45) is 0 Å². The Morgan fingerprint density at radius 1 is 1.56 bits per heavy atom. The molecule has 4 heteroatoms. The van der Waals surface area contributed by atoms with Crippen molar-refractivity contribution in [3.63, 3.8) is 0 Å². The van der Waals surface area contributed by atoms with Gasteiger partial charge in [-0.15, -0.1) is 0 Å². The first-order valence-electron chi connectivity index (χ1n) is 4.91. The van der Waals surface area contributed by atoms with E-state index in [9.17, 15) is 9.90 Å². The van der Waals surface area contributed by atoms with Crippen molar-refractivity contribution in [3.05, 3.63) is 41.4 Å². The molecule has 1 atom stereocenters. The molecule has 84 valence electrons. The average molecular weight is 238 g/mol. The van der Waals surface area contributed by atoms with Gasteiger partial charge < -0.3 is 10.0 Å². The zero-order chi connectivity index (χ0) is 11.9. The van der Waals surface area contributed by atoms with Crippen LogP contribution in [0, 0.1) is 0 Å². The Morgan fingerprint density at radius 2 is 2.25 bits per heavy atom. The van der Waals surface area contributed by atoms with Gasteiger partial charge in [0.05, 0.1) is 6.54 Å². The van der Waals surface area contributed by atoms with E-state index >= 15 is 0 Å². The lowest BCUT2D eigenvalue weighted by molar-refractivity contribution is -0.114. The lowest BCUT2D eigenvalue weighted by Gasteiger charge is -2.18. The summed E-state index contributed by atoms with van der Waals surface area (Å²) >= 11 is 5.86. The molecule has 1 aliphatic rings. The number of aliphatic hydroxyl groups is 1. The number of amides is 1. The number of carbonyl (C=O) groups excluding carboxylic acids is 1. The van der Waals surface area contributed by atoms with Gasteiger partial charge in [-0.1, -0.05) is 24.2 Å². The number of hydrogen-bond acceptors (Lipinski definition) is 2. The van der Waals surface area contributed by atoms with Gasteiger partial charge in [0.2, 0.25) is 0 Å². The SMILES string of the molecule is C=C1C(=O)N(c2cccc(Cl)c2)CC1(C)O. The third kappa shape index (κ3) is 1.72. The lowest BCUT2D eigenvalue weighted by Crippen LogP contribution is -2.30. The molecule has 16 heavy (non-hydrogen) atoms. The van der Waals surface area contributed by atoms with Crippen LogP contribution in [0.1, 0.15) is 6.92 Å². The molecular weight excluding hydrogens is 226 g/mol. The van der Waals surface area contributed by atoms with Crippen molar-refractivity contribution in [2.45, 2.75) is 12.5 Å². The van der Waals surface area contributed by atoms with Crippen LogP contribution in [0.4, 0.5) is 5.69 Å². The van der Waals surface area contributed by atoms with E-state index < -0.39 is 5.60 Å². The summed E-state index contributed by atoms with van der Waals surface area (Å²) in [6, 6.07) is 6.96. The maximum absolute atomic E-state index is 11.9. The van der Waals surface area contributed by atoms with Crippen LogP contribution in [0.3, 0.4) is 0 Å². The van der Waals surface area contributed by atoms with Gasteiger partial charge in [-0.3, -0.25) is 4.79 Å². The molecule has 1 aliphatic heterocycles. The van der Waals surface area contributed by atoms with Crippen molar-refractivity contribution >= 4 is 23.2 Å². The summed E-state index contributed by atoms with van der Waals surface area (Å²) < 4.78 is 0. The summed E-state index contributed by atoms with van der Waals surface area (Å²) in [4.78, 5) is 13.3. The first kappa shape index (κ1) is 11.2. The second kappa shape index (κ2) is 3.61. The van der Waals surface area contributed by atoms with Crippen molar-refractivity contribution in [1.29, 1.82) is 0 Å². The summed E-state index contributed by atoms with van der Waals surface area (Å²) in [5.41, 5.74) is -0.275. The molecule has 0 aromatic heterocycles. The monoisotopic (exact) mass is 237 g/mol. The molecule has 0 saturated carbocycles. The van der Waals surface area contributed by atoms with E-state index in [0.717, 1.165) is 0 Å². The molecule has 1 N–H and O–H groups in total. The van der Waals surface area contributed by atoms with Gasteiger partial charge in [0, 0.05) is 16.3 Å². The van der Waals surface area contributed by atoms with Crippen molar-refractivity contribution < 1.29 is 9.90 Å². The number of carbonyl (C=O) groups is 1. The summed E-state index contributed by atoms with van der Waals surface area (Å²) in [5.74, 6) is -0.257. The Bertz CT molecular complexity index is 468. The third-order valence-electron chi connectivity index (χ3n) is 2.74. The van der Waals surface area contributed by atoms with Crippen molar-refractivity contribution in [1.82, 2.24) is 0 Å².